The second-order valence-electron chi connectivity index (χ2n) is 4.51. The summed E-state index contributed by atoms with van der Waals surface area (Å²) < 4.78 is 0. The van der Waals surface area contributed by atoms with Crippen molar-refractivity contribution in [2.24, 2.45) is 17.4 Å². The monoisotopic (exact) mass is 252 g/mol. The van der Waals surface area contributed by atoms with Crippen LogP contribution < -0.4 is 11.5 Å². The number of rotatable bonds is 5. The van der Waals surface area contributed by atoms with Gasteiger partial charge in [-0.1, -0.05) is 11.8 Å². The Labute approximate surface area is 104 Å². The molecule has 1 heterocycles. The molecule has 1 aromatic heterocycles. The largest absolute Gasteiger partial charge is 0.368 e. The van der Waals surface area contributed by atoms with Crippen LogP contribution in [0, 0.1) is 12.8 Å². The molecule has 1 atom stereocenters. The number of nitrogens with zero attached hydrogens (tertiary/aromatic N) is 2. The van der Waals surface area contributed by atoms with Crippen LogP contribution in [0.5, 0.6) is 0 Å². The predicted molar refractivity (Wildman–Crippen MR) is 66.3 cm³/mol. The van der Waals surface area contributed by atoms with E-state index < -0.39 is 11.4 Å². The van der Waals surface area contributed by atoms with Gasteiger partial charge in [-0.25, -0.2) is 9.97 Å². The summed E-state index contributed by atoms with van der Waals surface area (Å²) in [6, 6.07) is 0. The van der Waals surface area contributed by atoms with Crippen LogP contribution in [0.15, 0.2) is 17.6 Å². The molecule has 17 heavy (non-hydrogen) atoms. The number of amides is 1. The molecule has 4 N–H and O–H groups in total. The molecule has 1 unspecified atom stereocenters. The lowest BCUT2D eigenvalue weighted by atomic mass is 9.96. The van der Waals surface area contributed by atoms with Gasteiger partial charge in [0.15, 0.2) is 5.16 Å². The molecule has 1 aromatic rings. The van der Waals surface area contributed by atoms with E-state index in [0.29, 0.717) is 10.9 Å². The molecule has 92 valence electrons. The summed E-state index contributed by atoms with van der Waals surface area (Å²) in [5.41, 5.74) is 11.5. The molecular formula is C11H16N4OS. The second kappa shape index (κ2) is 4.62. The van der Waals surface area contributed by atoms with Crippen LogP contribution in [0.2, 0.25) is 0 Å². The summed E-state index contributed by atoms with van der Waals surface area (Å²) in [6.45, 7) is 1.93. The van der Waals surface area contributed by atoms with Crippen LogP contribution in [0.25, 0.3) is 0 Å². The maximum Gasteiger partial charge on any atom is 0.238 e. The number of thioether (sulfide) groups is 1. The van der Waals surface area contributed by atoms with Crippen molar-refractivity contribution in [3.8, 4) is 0 Å². The molecule has 0 spiro atoms. The van der Waals surface area contributed by atoms with Crippen LogP contribution in [0.3, 0.4) is 0 Å². The number of aromatic nitrogens is 2. The van der Waals surface area contributed by atoms with Gasteiger partial charge in [-0.05, 0) is 31.2 Å². The number of aryl methyl sites for hydroxylation is 1. The van der Waals surface area contributed by atoms with E-state index in [9.17, 15) is 4.79 Å². The molecule has 0 bridgehead atoms. The second-order valence-corrected chi connectivity index (χ2v) is 5.45. The Bertz CT molecular complexity index is 418. The number of hydrogen-bond donors (Lipinski definition) is 2. The summed E-state index contributed by atoms with van der Waals surface area (Å²) >= 11 is 1.38. The molecule has 1 aliphatic rings. The number of primary amides is 1. The first kappa shape index (κ1) is 12.3. The predicted octanol–water partition coefficient (Wildman–Crippen LogP) is 0.470. The van der Waals surface area contributed by atoms with Crippen molar-refractivity contribution >= 4 is 17.7 Å². The summed E-state index contributed by atoms with van der Waals surface area (Å²) in [7, 11) is 0. The van der Waals surface area contributed by atoms with Crippen molar-refractivity contribution < 1.29 is 4.79 Å². The molecule has 1 aliphatic carbocycles. The molecule has 0 aliphatic heterocycles. The molecule has 0 radical (unpaired) electrons. The van der Waals surface area contributed by atoms with E-state index in [0.717, 1.165) is 18.4 Å². The molecule has 1 amide bonds. The maximum atomic E-state index is 11.4. The van der Waals surface area contributed by atoms with Crippen molar-refractivity contribution in [1.82, 2.24) is 9.97 Å². The van der Waals surface area contributed by atoms with Crippen molar-refractivity contribution in [3.63, 3.8) is 0 Å². The lowest BCUT2D eigenvalue weighted by molar-refractivity contribution is -0.123. The molecule has 6 heteroatoms. The minimum Gasteiger partial charge on any atom is -0.368 e. The third kappa shape index (κ3) is 2.76. The number of carbonyl (C=O) groups excluding carboxylic acids is 1. The third-order valence-corrected chi connectivity index (χ3v) is 4.05. The van der Waals surface area contributed by atoms with Crippen molar-refractivity contribution in [2.75, 3.05) is 5.75 Å². The summed E-state index contributed by atoms with van der Waals surface area (Å²) in [4.78, 5) is 19.8. The Hall–Kier alpha value is -1.14. The van der Waals surface area contributed by atoms with Crippen molar-refractivity contribution in [3.05, 3.63) is 18.0 Å². The first-order valence-electron chi connectivity index (χ1n) is 5.52. The van der Waals surface area contributed by atoms with E-state index in [1.165, 1.54) is 11.8 Å². The average molecular weight is 252 g/mol. The lowest BCUT2D eigenvalue weighted by Gasteiger charge is -2.24. The topological polar surface area (TPSA) is 94.9 Å². The van der Waals surface area contributed by atoms with Crippen LogP contribution >= 0.6 is 11.8 Å². The Kier molecular flexibility index (Phi) is 3.35. The molecule has 1 fully saturated rings. The van der Waals surface area contributed by atoms with E-state index in [1.54, 1.807) is 12.4 Å². The highest BCUT2D eigenvalue weighted by atomic mass is 32.2. The SMILES string of the molecule is Cc1cnc(SCC(N)(C(N)=O)C2CC2)nc1. The average Bonchev–Trinajstić information content (AvgIpc) is 3.11. The van der Waals surface area contributed by atoms with E-state index >= 15 is 0 Å². The van der Waals surface area contributed by atoms with Gasteiger partial charge >= 0.3 is 0 Å². The van der Waals surface area contributed by atoms with Gasteiger partial charge in [0, 0.05) is 18.1 Å². The highest BCUT2D eigenvalue weighted by Gasteiger charge is 2.46. The van der Waals surface area contributed by atoms with Crippen molar-refractivity contribution in [2.45, 2.75) is 30.5 Å². The van der Waals surface area contributed by atoms with Gasteiger partial charge in [-0.15, -0.1) is 0 Å². The lowest BCUT2D eigenvalue weighted by Crippen LogP contribution is -2.56. The van der Waals surface area contributed by atoms with Crippen LogP contribution in [-0.2, 0) is 4.79 Å². The van der Waals surface area contributed by atoms with Gasteiger partial charge in [-0.2, -0.15) is 0 Å². The normalized spacial score (nSPS) is 18.7. The maximum absolute atomic E-state index is 11.4. The molecule has 2 rings (SSSR count). The van der Waals surface area contributed by atoms with Gasteiger partial charge < -0.3 is 11.5 Å². The standard InChI is InChI=1S/C11H16N4OS/c1-7-4-14-10(15-5-7)17-6-11(13,9(12)16)8-2-3-8/h4-5,8H,2-3,6,13H2,1H3,(H2,12,16). The van der Waals surface area contributed by atoms with Crippen molar-refractivity contribution in [1.29, 1.82) is 0 Å². The molecular weight excluding hydrogens is 236 g/mol. The Morgan fingerprint density at radius 2 is 2.12 bits per heavy atom. The van der Waals surface area contributed by atoms with Crippen LogP contribution in [-0.4, -0.2) is 27.2 Å². The van der Waals surface area contributed by atoms with Gasteiger partial charge in [0.25, 0.3) is 0 Å². The fourth-order valence-corrected chi connectivity index (χ4v) is 2.63. The first-order chi connectivity index (χ1) is 8.02. The molecule has 0 saturated heterocycles. The van der Waals surface area contributed by atoms with Crippen LogP contribution in [0.1, 0.15) is 18.4 Å². The molecule has 5 nitrogen and oxygen atoms in total. The zero-order valence-electron chi connectivity index (χ0n) is 9.72. The summed E-state index contributed by atoms with van der Waals surface area (Å²) in [6.07, 6.45) is 5.45. The van der Waals surface area contributed by atoms with Gasteiger partial charge in [0.05, 0.1) is 0 Å². The minimum absolute atomic E-state index is 0.220. The fourth-order valence-electron chi connectivity index (χ4n) is 1.63. The van der Waals surface area contributed by atoms with E-state index in [4.69, 9.17) is 11.5 Å². The Morgan fingerprint density at radius 1 is 1.53 bits per heavy atom. The van der Waals surface area contributed by atoms with Gasteiger partial charge in [-0.3, -0.25) is 4.79 Å². The van der Waals surface area contributed by atoms with E-state index in [2.05, 4.69) is 9.97 Å². The van der Waals surface area contributed by atoms with Gasteiger partial charge in [0.1, 0.15) is 5.54 Å². The number of carbonyl (C=O) groups is 1. The van der Waals surface area contributed by atoms with Gasteiger partial charge in [0.2, 0.25) is 5.91 Å². The number of hydrogen-bond acceptors (Lipinski definition) is 5. The Balaban J connectivity index is 2.00. The molecule has 1 saturated carbocycles. The van der Waals surface area contributed by atoms with E-state index in [-0.39, 0.29) is 5.92 Å². The highest BCUT2D eigenvalue weighted by molar-refractivity contribution is 7.99. The van der Waals surface area contributed by atoms with Crippen LogP contribution in [0.4, 0.5) is 0 Å². The third-order valence-electron chi connectivity index (χ3n) is 2.96. The summed E-state index contributed by atoms with van der Waals surface area (Å²) in [5.74, 6) is 0.230. The minimum atomic E-state index is -0.918. The number of nitrogens with two attached hydrogens (primary N) is 2. The Morgan fingerprint density at radius 3 is 2.59 bits per heavy atom. The zero-order chi connectivity index (χ0) is 12.5. The smallest absolute Gasteiger partial charge is 0.238 e. The van der Waals surface area contributed by atoms with E-state index in [1.807, 2.05) is 6.92 Å². The quantitative estimate of drug-likeness (QED) is 0.586. The molecule has 0 aromatic carbocycles. The fraction of sp³-hybridized carbons (Fsp3) is 0.545. The highest BCUT2D eigenvalue weighted by Crippen LogP contribution is 2.40. The zero-order valence-corrected chi connectivity index (χ0v) is 10.5. The summed E-state index contributed by atoms with van der Waals surface area (Å²) in [5, 5.41) is 0.632. The first-order valence-corrected chi connectivity index (χ1v) is 6.51.